The molecule has 0 aliphatic heterocycles. The minimum absolute atomic E-state index is 0.0989. The molecule has 6 nitrogen and oxygen atoms in total. The number of rotatable bonds is 4. The predicted octanol–water partition coefficient (Wildman–Crippen LogP) is 0.117. The molecule has 0 aromatic carbocycles. The Hall–Kier alpha value is -2.24. The molecule has 0 aromatic rings. The first-order chi connectivity index (χ1) is 8.40. The highest BCUT2D eigenvalue weighted by molar-refractivity contribution is 6.20. The van der Waals surface area contributed by atoms with Gasteiger partial charge in [0, 0.05) is 25.0 Å². The Morgan fingerprint density at radius 3 is 1.50 bits per heavy atom. The number of carbonyl (C=O) groups is 4. The van der Waals surface area contributed by atoms with E-state index in [0.717, 1.165) is 12.2 Å². The van der Waals surface area contributed by atoms with Crippen LogP contribution in [-0.2, 0) is 28.7 Å². The Morgan fingerprint density at radius 2 is 1.22 bits per heavy atom. The summed E-state index contributed by atoms with van der Waals surface area (Å²) in [6.45, 7) is 1.93. The lowest BCUT2D eigenvalue weighted by atomic mass is 9.98. The summed E-state index contributed by atoms with van der Waals surface area (Å²) < 4.78 is 9.28. The first-order valence-corrected chi connectivity index (χ1v) is 5.16. The maximum absolute atomic E-state index is 11.6. The summed E-state index contributed by atoms with van der Waals surface area (Å²) >= 11 is 0. The maximum Gasteiger partial charge on any atom is 0.302 e. The molecule has 6 heteroatoms. The highest BCUT2D eigenvalue weighted by atomic mass is 16.5. The van der Waals surface area contributed by atoms with Crippen LogP contribution >= 0.6 is 0 Å². The van der Waals surface area contributed by atoms with Gasteiger partial charge in [-0.15, -0.1) is 0 Å². The molecule has 0 bridgehead atoms. The first kappa shape index (κ1) is 13.8. The number of allylic oxidation sites excluding steroid dienone is 2. The van der Waals surface area contributed by atoms with Gasteiger partial charge in [-0.25, -0.2) is 0 Å². The Labute approximate surface area is 103 Å². The largest absolute Gasteiger partial charge is 0.461 e. The minimum atomic E-state index is -0.536. The van der Waals surface area contributed by atoms with Crippen LogP contribution in [0, 0.1) is 0 Å². The molecule has 96 valence electrons. The Balaban J connectivity index is 2.68. The quantitative estimate of drug-likeness (QED) is 0.521. The molecule has 0 N–H and O–H groups in total. The van der Waals surface area contributed by atoms with Crippen molar-refractivity contribution >= 4 is 23.5 Å². The van der Waals surface area contributed by atoms with Gasteiger partial charge in [0.15, 0.2) is 11.6 Å². The first-order valence-electron chi connectivity index (χ1n) is 5.16. The summed E-state index contributed by atoms with van der Waals surface area (Å²) in [5, 5.41) is 0. The maximum atomic E-state index is 11.6. The van der Waals surface area contributed by atoms with E-state index in [2.05, 4.69) is 9.47 Å². The molecular formula is C12H12O6. The van der Waals surface area contributed by atoms with Crippen molar-refractivity contribution in [1.29, 1.82) is 0 Å². The second-order valence-corrected chi connectivity index (χ2v) is 3.63. The van der Waals surface area contributed by atoms with E-state index in [-0.39, 0.29) is 24.4 Å². The van der Waals surface area contributed by atoms with Gasteiger partial charge in [-0.2, -0.15) is 0 Å². The van der Waals surface area contributed by atoms with Crippen molar-refractivity contribution in [3.05, 3.63) is 23.3 Å². The number of ether oxygens (including phenoxy) is 2. The van der Waals surface area contributed by atoms with E-state index >= 15 is 0 Å². The van der Waals surface area contributed by atoms with E-state index in [0.29, 0.717) is 0 Å². The van der Waals surface area contributed by atoms with Crippen LogP contribution < -0.4 is 0 Å². The number of hydrogen-bond donors (Lipinski definition) is 0. The van der Waals surface area contributed by atoms with Crippen molar-refractivity contribution in [2.75, 3.05) is 13.2 Å². The third kappa shape index (κ3) is 3.97. The second kappa shape index (κ2) is 5.90. The highest BCUT2D eigenvalue weighted by Gasteiger charge is 2.21. The fourth-order valence-corrected chi connectivity index (χ4v) is 1.23. The molecule has 0 spiro atoms. The Morgan fingerprint density at radius 1 is 0.889 bits per heavy atom. The molecule has 0 saturated carbocycles. The van der Waals surface area contributed by atoms with E-state index in [4.69, 9.17) is 0 Å². The molecule has 0 radical (unpaired) electrons. The number of ketones is 2. The van der Waals surface area contributed by atoms with Gasteiger partial charge in [-0.05, 0) is 12.2 Å². The van der Waals surface area contributed by atoms with Gasteiger partial charge in [-0.1, -0.05) is 0 Å². The molecule has 0 saturated heterocycles. The molecule has 0 unspecified atom stereocenters. The van der Waals surface area contributed by atoms with Crippen LogP contribution in [0.2, 0.25) is 0 Å². The van der Waals surface area contributed by atoms with Crippen LogP contribution in [0.5, 0.6) is 0 Å². The van der Waals surface area contributed by atoms with Gasteiger partial charge >= 0.3 is 11.9 Å². The fourth-order valence-electron chi connectivity index (χ4n) is 1.23. The molecule has 0 atom stereocenters. The van der Waals surface area contributed by atoms with E-state index in [1.54, 1.807) is 0 Å². The van der Waals surface area contributed by atoms with Crippen LogP contribution in [0.25, 0.3) is 0 Å². The Bertz CT molecular complexity index is 425. The van der Waals surface area contributed by atoms with Crippen LogP contribution in [0.4, 0.5) is 0 Å². The SMILES string of the molecule is CC(=O)OCC1=CC(=O)C(COC(C)=O)=CC1=O. The Kier molecular flexibility index (Phi) is 4.53. The van der Waals surface area contributed by atoms with Crippen LogP contribution in [0.3, 0.4) is 0 Å². The van der Waals surface area contributed by atoms with Crippen molar-refractivity contribution in [3.63, 3.8) is 0 Å². The molecule has 1 aliphatic carbocycles. The zero-order chi connectivity index (χ0) is 13.7. The number of esters is 2. The average molecular weight is 252 g/mol. The fraction of sp³-hybridized carbons (Fsp3) is 0.333. The zero-order valence-corrected chi connectivity index (χ0v) is 10.0. The molecule has 0 aromatic heterocycles. The third-order valence-corrected chi connectivity index (χ3v) is 2.11. The molecule has 0 amide bonds. The number of carbonyl (C=O) groups excluding carboxylic acids is 4. The van der Waals surface area contributed by atoms with Gasteiger partial charge in [0.1, 0.15) is 13.2 Å². The van der Waals surface area contributed by atoms with E-state index in [1.165, 1.54) is 13.8 Å². The third-order valence-electron chi connectivity index (χ3n) is 2.11. The molecule has 0 fully saturated rings. The van der Waals surface area contributed by atoms with Gasteiger partial charge in [0.2, 0.25) is 0 Å². The van der Waals surface area contributed by atoms with Gasteiger partial charge in [0.25, 0.3) is 0 Å². The minimum Gasteiger partial charge on any atom is -0.461 e. The van der Waals surface area contributed by atoms with Crippen molar-refractivity contribution in [2.45, 2.75) is 13.8 Å². The molecule has 1 rings (SSSR count). The standard InChI is InChI=1S/C12H12O6/c1-7(13)17-5-9-3-12(16)10(4-11(9)15)6-18-8(2)14/h3-4H,5-6H2,1-2H3. The molecular weight excluding hydrogens is 240 g/mol. The summed E-state index contributed by atoms with van der Waals surface area (Å²) in [5.41, 5.74) is 0.198. The predicted molar refractivity (Wildman–Crippen MR) is 59.4 cm³/mol. The number of hydrogen-bond acceptors (Lipinski definition) is 6. The lowest BCUT2D eigenvalue weighted by Crippen LogP contribution is -2.20. The van der Waals surface area contributed by atoms with Gasteiger partial charge in [-0.3, -0.25) is 19.2 Å². The van der Waals surface area contributed by atoms with E-state index in [9.17, 15) is 19.2 Å². The van der Waals surface area contributed by atoms with Crippen LogP contribution in [0.15, 0.2) is 23.3 Å². The summed E-state index contributed by atoms with van der Waals surface area (Å²) in [7, 11) is 0. The highest BCUT2D eigenvalue weighted by Crippen LogP contribution is 2.12. The van der Waals surface area contributed by atoms with Crippen molar-refractivity contribution in [3.8, 4) is 0 Å². The molecule has 0 heterocycles. The monoisotopic (exact) mass is 252 g/mol. The lowest BCUT2D eigenvalue weighted by Gasteiger charge is -2.11. The summed E-state index contributed by atoms with van der Waals surface area (Å²) in [5.74, 6) is -1.94. The zero-order valence-electron chi connectivity index (χ0n) is 10.0. The van der Waals surface area contributed by atoms with Gasteiger partial charge in [0.05, 0.1) is 0 Å². The molecule has 1 aliphatic rings. The van der Waals surface area contributed by atoms with E-state index < -0.39 is 23.5 Å². The van der Waals surface area contributed by atoms with Crippen LogP contribution in [-0.4, -0.2) is 36.7 Å². The molecule has 18 heavy (non-hydrogen) atoms. The summed E-state index contributed by atoms with van der Waals surface area (Å²) in [4.78, 5) is 44.4. The average Bonchev–Trinajstić information content (AvgIpc) is 2.27. The van der Waals surface area contributed by atoms with Gasteiger partial charge < -0.3 is 9.47 Å². The van der Waals surface area contributed by atoms with Crippen molar-refractivity contribution < 1.29 is 28.7 Å². The lowest BCUT2D eigenvalue weighted by molar-refractivity contribution is -0.141. The smallest absolute Gasteiger partial charge is 0.302 e. The van der Waals surface area contributed by atoms with Crippen molar-refractivity contribution in [2.24, 2.45) is 0 Å². The topological polar surface area (TPSA) is 86.7 Å². The summed E-state index contributed by atoms with van der Waals surface area (Å²) in [6.07, 6.45) is 2.17. The normalized spacial score (nSPS) is 14.8. The second-order valence-electron chi connectivity index (χ2n) is 3.63. The van der Waals surface area contributed by atoms with Crippen LogP contribution in [0.1, 0.15) is 13.8 Å². The van der Waals surface area contributed by atoms with E-state index in [1.807, 2.05) is 0 Å². The van der Waals surface area contributed by atoms with Crippen molar-refractivity contribution in [1.82, 2.24) is 0 Å². The summed E-state index contributed by atoms with van der Waals surface area (Å²) in [6, 6.07) is 0.